The SMILES string of the molecule is C=CC(=O)Oc1cc(CCCC)ccc1O. The van der Waals surface area contributed by atoms with Gasteiger partial charge < -0.3 is 9.84 Å². The van der Waals surface area contributed by atoms with Gasteiger partial charge in [0.1, 0.15) is 0 Å². The fourth-order valence-electron chi connectivity index (χ4n) is 1.33. The Labute approximate surface area is 95.4 Å². The van der Waals surface area contributed by atoms with Gasteiger partial charge >= 0.3 is 5.97 Å². The van der Waals surface area contributed by atoms with Crippen LogP contribution in [-0.4, -0.2) is 11.1 Å². The predicted molar refractivity (Wildman–Crippen MR) is 62.6 cm³/mol. The highest BCUT2D eigenvalue weighted by molar-refractivity contribution is 5.83. The lowest BCUT2D eigenvalue weighted by Crippen LogP contribution is -2.03. The lowest BCUT2D eigenvalue weighted by atomic mass is 10.1. The summed E-state index contributed by atoms with van der Waals surface area (Å²) in [5.74, 6) is -0.406. The summed E-state index contributed by atoms with van der Waals surface area (Å²) in [4.78, 5) is 11.0. The van der Waals surface area contributed by atoms with Crippen LogP contribution in [0.25, 0.3) is 0 Å². The van der Waals surface area contributed by atoms with E-state index in [1.54, 1.807) is 6.07 Å². The lowest BCUT2D eigenvalue weighted by Gasteiger charge is -2.06. The van der Waals surface area contributed by atoms with Crippen LogP contribution in [0.3, 0.4) is 0 Å². The Bertz CT molecular complexity index is 383. The topological polar surface area (TPSA) is 46.5 Å². The van der Waals surface area contributed by atoms with Crippen molar-refractivity contribution in [3.05, 3.63) is 36.4 Å². The number of esters is 1. The van der Waals surface area contributed by atoms with Crippen molar-refractivity contribution in [2.75, 3.05) is 0 Å². The molecule has 86 valence electrons. The molecule has 0 amide bonds. The molecule has 1 aromatic rings. The largest absolute Gasteiger partial charge is 0.504 e. The Kier molecular flexibility index (Phi) is 4.58. The zero-order valence-electron chi connectivity index (χ0n) is 9.40. The predicted octanol–water partition coefficient (Wildman–Crippen LogP) is 2.83. The molecule has 0 saturated carbocycles. The van der Waals surface area contributed by atoms with Crippen molar-refractivity contribution in [1.29, 1.82) is 0 Å². The number of hydrogen-bond acceptors (Lipinski definition) is 3. The minimum Gasteiger partial charge on any atom is -0.504 e. The van der Waals surface area contributed by atoms with Crippen LogP contribution in [0.2, 0.25) is 0 Å². The van der Waals surface area contributed by atoms with Crippen LogP contribution in [0.1, 0.15) is 25.3 Å². The smallest absolute Gasteiger partial charge is 0.335 e. The van der Waals surface area contributed by atoms with E-state index < -0.39 is 5.97 Å². The minimum atomic E-state index is -0.567. The van der Waals surface area contributed by atoms with Crippen LogP contribution in [0.5, 0.6) is 11.5 Å². The summed E-state index contributed by atoms with van der Waals surface area (Å²) >= 11 is 0. The van der Waals surface area contributed by atoms with Gasteiger partial charge in [-0.1, -0.05) is 26.0 Å². The molecule has 1 rings (SSSR count). The third-order valence-corrected chi connectivity index (χ3v) is 2.22. The Morgan fingerprint density at radius 2 is 2.31 bits per heavy atom. The second-order valence-corrected chi connectivity index (χ2v) is 3.53. The molecule has 0 bridgehead atoms. The first-order chi connectivity index (χ1) is 7.67. The second kappa shape index (κ2) is 5.95. The molecule has 0 aliphatic heterocycles. The van der Waals surface area contributed by atoms with Gasteiger partial charge in [0.05, 0.1) is 0 Å². The molecule has 0 radical (unpaired) electrons. The number of hydrogen-bond donors (Lipinski definition) is 1. The summed E-state index contributed by atoms with van der Waals surface area (Å²) < 4.78 is 4.91. The number of benzene rings is 1. The molecule has 0 unspecified atom stereocenters. The first-order valence-corrected chi connectivity index (χ1v) is 5.33. The Balaban J connectivity index is 2.81. The standard InChI is InChI=1S/C13H16O3/c1-3-5-6-10-7-8-11(14)12(9-10)16-13(15)4-2/h4,7-9,14H,2-3,5-6H2,1H3. The Morgan fingerprint density at radius 1 is 1.56 bits per heavy atom. The number of carbonyl (C=O) groups excluding carboxylic acids is 1. The fourth-order valence-corrected chi connectivity index (χ4v) is 1.33. The maximum Gasteiger partial charge on any atom is 0.335 e. The average molecular weight is 220 g/mol. The molecule has 0 aliphatic carbocycles. The molecule has 16 heavy (non-hydrogen) atoms. The van der Waals surface area contributed by atoms with Gasteiger partial charge in [0, 0.05) is 6.08 Å². The molecule has 0 spiro atoms. The molecule has 1 N–H and O–H groups in total. The Morgan fingerprint density at radius 3 is 2.94 bits per heavy atom. The van der Waals surface area contributed by atoms with Crippen molar-refractivity contribution < 1.29 is 14.6 Å². The van der Waals surface area contributed by atoms with E-state index in [2.05, 4.69) is 13.5 Å². The zero-order chi connectivity index (χ0) is 12.0. The van der Waals surface area contributed by atoms with Crippen molar-refractivity contribution in [2.45, 2.75) is 26.2 Å². The molecule has 0 atom stereocenters. The van der Waals surface area contributed by atoms with Crippen LogP contribution in [0.15, 0.2) is 30.9 Å². The molecule has 0 aromatic heterocycles. The van der Waals surface area contributed by atoms with Gasteiger partial charge in [-0.2, -0.15) is 0 Å². The molecule has 0 saturated heterocycles. The normalized spacial score (nSPS) is 9.81. The molecule has 0 aliphatic rings. The van der Waals surface area contributed by atoms with E-state index >= 15 is 0 Å². The maximum atomic E-state index is 11.0. The number of unbranched alkanes of at least 4 members (excludes halogenated alkanes) is 1. The minimum absolute atomic E-state index is 0.0320. The van der Waals surface area contributed by atoms with Crippen LogP contribution < -0.4 is 4.74 Å². The second-order valence-electron chi connectivity index (χ2n) is 3.53. The Hall–Kier alpha value is -1.77. The average Bonchev–Trinajstić information content (AvgIpc) is 2.30. The number of aryl methyl sites for hydroxylation is 1. The van der Waals surface area contributed by atoms with Crippen molar-refractivity contribution in [3.8, 4) is 11.5 Å². The van der Waals surface area contributed by atoms with E-state index in [1.807, 2.05) is 6.07 Å². The van der Waals surface area contributed by atoms with Gasteiger partial charge in [-0.25, -0.2) is 4.79 Å². The van der Waals surface area contributed by atoms with E-state index in [4.69, 9.17) is 4.74 Å². The maximum absolute atomic E-state index is 11.0. The van der Waals surface area contributed by atoms with Crippen LogP contribution in [0.4, 0.5) is 0 Å². The number of aromatic hydroxyl groups is 1. The summed E-state index contributed by atoms with van der Waals surface area (Å²) in [6.07, 6.45) is 4.15. The first-order valence-electron chi connectivity index (χ1n) is 5.33. The third kappa shape index (κ3) is 3.42. The number of carbonyl (C=O) groups is 1. The van der Waals surface area contributed by atoms with E-state index in [-0.39, 0.29) is 11.5 Å². The summed E-state index contributed by atoms with van der Waals surface area (Å²) in [7, 11) is 0. The van der Waals surface area contributed by atoms with Crippen molar-refractivity contribution in [2.24, 2.45) is 0 Å². The molecule has 3 nitrogen and oxygen atoms in total. The van der Waals surface area contributed by atoms with Crippen molar-refractivity contribution >= 4 is 5.97 Å². The summed E-state index contributed by atoms with van der Waals surface area (Å²) in [6, 6.07) is 5.05. The summed E-state index contributed by atoms with van der Waals surface area (Å²) in [5.41, 5.74) is 1.05. The van der Waals surface area contributed by atoms with Gasteiger partial charge in [0.15, 0.2) is 11.5 Å². The van der Waals surface area contributed by atoms with E-state index in [0.717, 1.165) is 30.9 Å². The van der Waals surface area contributed by atoms with Crippen LogP contribution >= 0.6 is 0 Å². The number of rotatable bonds is 5. The van der Waals surface area contributed by atoms with Crippen LogP contribution in [0, 0.1) is 0 Å². The molecular formula is C13H16O3. The number of phenolic OH excluding ortho intramolecular Hbond substituents is 1. The highest BCUT2D eigenvalue weighted by Gasteiger charge is 2.07. The van der Waals surface area contributed by atoms with Gasteiger partial charge in [-0.3, -0.25) is 0 Å². The van der Waals surface area contributed by atoms with Crippen LogP contribution in [-0.2, 0) is 11.2 Å². The van der Waals surface area contributed by atoms with Crippen molar-refractivity contribution in [3.63, 3.8) is 0 Å². The fraction of sp³-hybridized carbons (Fsp3) is 0.308. The van der Waals surface area contributed by atoms with E-state index in [0.29, 0.717) is 0 Å². The van der Waals surface area contributed by atoms with E-state index in [1.165, 1.54) is 6.07 Å². The van der Waals surface area contributed by atoms with Gasteiger partial charge in [0.2, 0.25) is 0 Å². The van der Waals surface area contributed by atoms with Gasteiger partial charge in [-0.15, -0.1) is 0 Å². The highest BCUT2D eigenvalue weighted by atomic mass is 16.5. The number of phenols is 1. The molecule has 0 heterocycles. The van der Waals surface area contributed by atoms with Gasteiger partial charge in [-0.05, 0) is 30.5 Å². The molecular weight excluding hydrogens is 204 g/mol. The first kappa shape index (κ1) is 12.3. The van der Waals surface area contributed by atoms with E-state index in [9.17, 15) is 9.90 Å². The van der Waals surface area contributed by atoms with Crippen molar-refractivity contribution in [1.82, 2.24) is 0 Å². The molecule has 3 heteroatoms. The zero-order valence-corrected chi connectivity index (χ0v) is 9.40. The summed E-state index contributed by atoms with van der Waals surface area (Å²) in [5, 5.41) is 9.49. The number of ether oxygens (including phenoxy) is 1. The molecule has 0 fully saturated rings. The quantitative estimate of drug-likeness (QED) is 0.471. The van der Waals surface area contributed by atoms with Gasteiger partial charge in [0.25, 0.3) is 0 Å². The lowest BCUT2D eigenvalue weighted by molar-refractivity contribution is -0.129. The highest BCUT2D eigenvalue weighted by Crippen LogP contribution is 2.27. The molecule has 1 aromatic carbocycles. The summed E-state index contributed by atoms with van der Waals surface area (Å²) in [6.45, 7) is 5.41. The third-order valence-electron chi connectivity index (χ3n) is 2.22. The monoisotopic (exact) mass is 220 g/mol.